The second kappa shape index (κ2) is 5.81. The van der Waals surface area contributed by atoms with Gasteiger partial charge in [-0.1, -0.05) is 5.16 Å². The SMILES string of the molecule is Cc1cc(CCNC(=O)c2cc(C(F)F)nn2C)on1. The third-order valence-corrected chi connectivity index (χ3v) is 2.69. The van der Waals surface area contributed by atoms with Crippen LogP contribution in [0.25, 0.3) is 0 Å². The lowest BCUT2D eigenvalue weighted by atomic mass is 10.3. The second-order valence-electron chi connectivity index (χ2n) is 4.32. The molecule has 0 atom stereocenters. The summed E-state index contributed by atoms with van der Waals surface area (Å²) in [6, 6.07) is 2.85. The van der Waals surface area contributed by atoms with Gasteiger partial charge in [-0.2, -0.15) is 5.10 Å². The number of aryl methyl sites for hydroxylation is 2. The van der Waals surface area contributed by atoms with Gasteiger partial charge in [0.1, 0.15) is 17.1 Å². The fourth-order valence-corrected chi connectivity index (χ4v) is 1.73. The number of aromatic nitrogens is 3. The van der Waals surface area contributed by atoms with Crippen molar-refractivity contribution in [1.82, 2.24) is 20.3 Å². The molecule has 0 aliphatic carbocycles. The molecule has 108 valence electrons. The first kappa shape index (κ1) is 14.2. The number of carbonyl (C=O) groups is 1. The van der Waals surface area contributed by atoms with Crippen LogP contribution in [0.2, 0.25) is 0 Å². The van der Waals surface area contributed by atoms with Crippen LogP contribution in [0.1, 0.15) is 34.1 Å². The molecular formula is C12H14F2N4O2. The summed E-state index contributed by atoms with van der Waals surface area (Å²) < 4.78 is 31.1. The zero-order valence-electron chi connectivity index (χ0n) is 11.1. The van der Waals surface area contributed by atoms with Crippen molar-refractivity contribution in [3.8, 4) is 0 Å². The van der Waals surface area contributed by atoms with E-state index in [-0.39, 0.29) is 5.69 Å². The number of rotatable bonds is 5. The van der Waals surface area contributed by atoms with Crippen molar-refractivity contribution in [1.29, 1.82) is 0 Å². The quantitative estimate of drug-likeness (QED) is 0.905. The maximum absolute atomic E-state index is 12.5. The zero-order valence-corrected chi connectivity index (χ0v) is 11.1. The van der Waals surface area contributed by atoms with Crippen LogP contribution in [-0.4, -0.2) is 27.4 Å². The van der Waals surface area contributed by atoms with Crippen molar-refractivity contribution in [2.45, 2.75) is 19.8 Å². The highest BCUT2D eigenvalue weighted by atomic mass is 19.3. The zero-order chi connectivity index (χ0) is 14.7. The molecule has 0 unspecified atom stereocenters. The summed E-state index contributed by atoms with van der Waals surface area (Å²) in [4.78, 5) is 11.8. The largest absolute Gasteiger partial charge is 0.361 e. The van der Waals surface area contributed by atoms with Crippen LogP contribution < -0.4 is 5.32 Å². The predicted octanol–water partition coefficient (Wildman–Crippen LogP) is 1.63. The molecule has 8 heteroatoms. The Labute approximate surface area is 113 Å². The number of carbonyl (C=O) groups excluding carboxylic acids is 1. The lowest BCUT2D eigenvalue weighted by molar-refractivity contribution is 0.0944. The summed E-state index contributed by atoms with van der Waals surface area (Å²) in [5.41, 5.74) is 0.442. The number of hydrogen-bond donors (Lipinski definition) is 1. The van der Waals surface area contributed by atoms with E-state index in [0.29, 0.717) is 18.7 Å². The molecule has 0 saturated carbocycles. The summed E-state index contributed by atoms with van der Waals surface area (Å²) >= 11 is 0. The molecule has 0 fully saturated rings. The number of nitrogens with zero attached hydrogens (tertiary/aromatic N) is 3. The Hall–Kier alpha value is -2.25. The van der Waals surface area contributed by atoms with Crippen LogP contribution in [0.15, 0.2) is 16.7 Å². The molecule has 0 aliphatic rings. The first-order valence-corrected chi connectivity index (χ1v) is 6.00. The van der Waals surface area contributed by atoms with Gasteiger partial charge in [0.2, 0.25) is 0 Å². The monoisotopic (exact) mass is 284 g/mol. The molecule has 0 radical (unpaired) electrons. The van der Waals surface area contributed by atoms with Crippen LogP contribution in [0.5, 0.6) is 0 Å². The van der Waals surface area contributed by atoms with E-state index in [1.807, 2.05) is 0 Å². The van der Waals surface area contributed by atoms with Gasteiger partial charge in [0.05, 0.1) is 5.69 Å². The van der Waals surface area contributed by atoms with E-state index in [2.05, 4.69) is 15.6 Å². The maximum Gasteiger partial charge on any atom is 0.282 e. The fourth-order valence-electron chi connectivity index (χ4n) is 1.73. The lowest BCUT2D eigenvalue weighted by Gasteiger charge is -2.03. The Balaban J connectivity index is 1.91. The summed E-state index contributed by atoms with van der Waals surface area (Å²) in [5.74, 6) is 0.198. The van der Waals surface area contributed by atoms with E-state index in [1.54, 1.807) is 13.0 Å². The van der Waals surface area contributed by atoms with Gasteiger partial charge in [-0.15, -0.1) is 0 Å². The van der Waals surface area contributed by atoms with Crippen LogP contribution in [0.3, 0.4) is 0 Å². The first-order chi connectivity index (χ1) is 9.47. The lowest BCUT2D eigenvalue weighted by Crippen LogP contribution is -2.27. The Morgan fingerprint density at radius 1 is 1.50 bits per heavy atom. The van der Waals surface area contributed by atoms with Gasteiger partial charge in [-0.3, -0.25) is 9.48 Å². The average molecular weight is 284 g/mol. The molecule has 1 amide bonds. The second-order valence-corrected chi connectivity index (χ2v) is 4.32. The van der Waals surface area contributed by atoms with Crippen molar-refractivity contribution >= 4 is 5.91 Å². The molecular weight excluding hydrogens is 270 g/mol. The molecule has 0 saturated heterocycles. The average Bonchev–Trinajstić information content (AvgIpc) is 2.95. The minimum atomic E-state index is -2.69. The van der Waals surface area contributed by atoms with E-state index in [9.17, 15) is 13.6 Å². The van der Waals surface area contributed by atoms with Gasteiger partial charge in [-0.05, 0) is 13.0 Å². The third kappa shape index (κ3) is 3.19. The van der Waals surface area contributed by atoms with Gasteiger partial charge in [0.25, 0.3) is 12.3 Å². The smallest absolute Gasteiger partial charge is 0.282 e. The van der Waals surface area contributed by atoms with Gasteiger partial charge in [0.15, 0.2) is 0 Å². The molecule has 0 aromatic carbocycles. The van der Waals surface area contributed by atoms with Crippen molar-refractivity contribution in [2.24, 2.45) is 7.05 Å². The molecule has 0 aliphatic heterocycles. The summed E-state index contributed by atoms with van der Waals surface area (Å²) in [5, 5.41) is 9.92. The molecule has 20 heavy (non-hydrogen) atoms. The van der Waals surface area contributed by atoms with Crippen molar-refractivity contribution < 1.29 is 18.1 Å². The van der Waals surface area contributed by atoms with Crippen molar-refractivity contribution in [3.63, 3.8) is 0 Å². The number of nitrogens with one attached hydrogen (secondary N) is 1. The summed E-state index contributed by atoms with van der Waals surface area (Å²) in [7, 11) is 1.45. The third-order valence-electron chi connectivity index (χ3n) is 2.69. The molecule has 2 aromatic rings. The van der Waals surface area contributed by atoms with E-state index in [1.165, 1.54) is 7.05 Å². The molecule has 2 rings (SSSR count). The van der Waals surface area contributed by atoms with Gasteiger partial charge in [-0.25, -0.2) is 8.78 Å². The van der Waals surface area contributed by atoms with E-state index in [0.717, 1.165) is 16.4 Å². The Morgan fingerprint density at radius 2 is 2.25 bits per heavy atom. The Bertz CT molecular complexity index is 606. The molecule has 2 heterocycles. The van der Waals surface area contributed by atoms with Gasteiger partial charge < -0.3 is 9.84 Å². The van der Waals surface area contributed by atoms with E-state index < -0.39 is 18.0 Å². The molecule has 2 aromatic heterocycles. The van der Waals surface area contributed by atoms with Crippen molar-refractivity contribution in [3.05, 3.63) is 35.0 Å². The van der Waals surface area contributed by atoms with Gasteiger partial charge >= 0.3 is 0 Å². The molecule has 0 bridgehead atoms. The standard InChI is InChI=1S/C12H14F2N4O2/c1-7-5-8(20-17-7)3-4-15-12(19)10-6-9(11(13)14)16-18(10)2/h5-6,11H,3-4H2,1-2H3,(H,15,19). The van der Waals surface area contributed by atoms with Crippen LogP contribution in [-0.2, 0) is 13.5 Å². The molecule has 1 N–H and O–H groups in total. The number of hydrogen-bond acceptors (Lipinski definition) is 4. The van der Waals surface area contributed by atoms with E-state index >= 15 is 0 Å². The number of alkyl halides is 2. The number of amides is 1. The molecule has 0 spiro atoms. The highest BCUT2D eigenvalue weighted by Crippen LogP contribution is 2.17. The minimum absolute atomic E-state index is 0.0917. The van der Waals surface area contributed by atoms with Crippen LogP contribution in [0, 0.1) is 6.92 Å². The maximum atomic E-state index is 12.5. The van der Waals surface area contributed by atoms with Crippen molar-refractivity contribution in [2.75, 3.05) is 6.54 Å². The highest BCUT2D eigenvalue weighted by molar-refractivity contribution is 5.92. The molecule has 6 nitrogen and oxygen atoms in total. The fraction of sp³-hybridized carbons (Fsp3) is 0.417. The minimum Gasteiger partial charge on any atom is -0.361 e. The summed E-state index contributed by atoms with van der Waals surface area (Å²) in [6.45, 7) is 2.12. The van der Waals surface area contributed by atoms with E-state index in [4.69, 9.17) is 4.52 Å². The predicted molar refractivity (Wildman–Crippen MR) is 65.4 cm³/mol. The highest BCUT2D eigenvalue weighted by Gasteiger charge is 2.18. The first-order valence-electron chi connectivity index (χ1n) is 6.00. The number of halogens is 2. The Kier molecular flexibility index (Phi) is 4.11. The van der Waals surface area contributed by atoms with Crippen LogP contribution in [0.4, 0.5) is 8.78 Å². The summed E-state index contributed by atoms with van der Waals surface area (Å²) in [6.07, 6.45) is -2.22. The normalized spacial score (nSPS) is 11.1. The van der Waals surface area contributed by atoms with Gasteiger partial charge in [0, 0.05) is 26.1 Å². The Morgan fingerprint density at radius 3 is 2.80 bits per heavy atom. The van der Waals surface area contributed by atoms with Crippen LogP contribution >= 0.6 is 0 Å². The topological polar surface area (TPSA) is 73.0 Å².